The Hall–Kier alpha value is -2.21. The Labute approximate surface area is 126 Å². The van der Waals surface area contributed by atoms with Gasteiger partial charge >= 0.3 is 0 Å². The van der Waals surface area contributed by atoms with Crippen molar-refractivity contribution < 1.29 is 9.59 Å². The molecule has 0 unspecified atom stereocenters. The van der Waals surface area contributed by atoms with Gasteiger partial charge < -0.3 is 10.2 Å². The van der Waals surface area contributed by atoms with Gasteiger partial charge in [-0.3, -0.25) is 14.6 Å². The fourth-order valence-electron chi connectivity index (χ4n) is 2.33. The van der Waals surface area contributed by atoms with Crippen molar-refractivity contribution >= 4 is 23.7 Å². The number of fused-ring (bicyclic) bond motifs is 1. The van der Waals surface area contributed by atoms with E-state index in [4.69, 9.17) is 0 Å². The van der Waals surface area contributed by atoms with E-state index in [1.165, 1.54) is 16.2 Å². The molecule has 0 aliphatic carbocycles. The molecule has 3 rings (SSSR count). The number of pyridine rings is 1. The molecule has 0 spiro atoms. The van der Waals surface area contributed by atoms with Crippen molar-refractivity contribution in [2.45, 2.75) is 19.5 Å². The van der Waals surface area contributed by atoms with Crippen LogP contribution in [0.2, 0.25) is 0 Å². The third-order valence-corrected chi connectivity index (χ3v) is 4.71. The van der Waals surface area contributed by atoms with E-state index in [2.05, 4.69) is 10.3 Å². The van der Waals surface area contributed by atoms with E-state index in [9.17, 15) is 9.59 Å². The van der Waals surface area contributed by atoms with Crippen LogP contribution < -0.4 is 5.32 Å². The molecule has 2 aromatic rings. The van der Waals surface area contributed by atoms with Crippen LogP contribution in [0, 0.1) is 0 Å². The first-order valence-corrected chi connectivity index (χ1v) is 7.56. The molecule has 0 radical (unpaired) electrons. The van der Waals surface area contributed by atoms with Gasteiger partial charge in [0.05, 0.1) is 4.88 Å². The first-order chi connectivity index (χ1) is 10.3. The fraction of sp³-hybridized carbons (Fsp3) is 0.267. The standard InChI is InChI=1S/C15H15N3O2S/c19-10-18-6-3-13-12(9-18)7-14(21-13)15(20)17-8-11-1-4-16-5-2-11/h1-2,4-5,7,10H,3,6,8-9H2,(H,17,20). The van der Waals surface area contributed by atoms with Crippen molar-refractivity contribution in [2.24, 2.45) is 0 Å². The Balaban J connectivity index is 1.66. The first kappa shape index (κ1) is 13.8. The lowest BCUT2D eigenvalue weighted by Gasteiger charge is -2.22. The number of thiophene rings is 1. The van der Waals surface area contributed by atoms with E-state index in [1.807, 2.05) is 18.2 Å². The predicted molar refractivity (Wildman–Crippen MR) is 79.9 cm³/mol. The van der Waals surface area contributed by atoms with Crippen molar-refractivity contribution in [3.05, 3.63) is 51.5 Å². The minimum absolute atomic E-state index is 0.0659. The molecule has 2 amide bonds. The molecule has 0 saturated carbocycles. The lowest BCUT2D eigenvalue weighted by atomic mass is 10.1. The third-order valence-electron chi connectivity index (χ3n) is 3.47. The van der Waals surface area contributed by atoms with Crippen LogP contribution in [0.4, 0.5) is 0 Å². The van der Waals surface area contributed by atoms with Gasteiger partial charge in [0.15, 0.2) is 0 Å². The maximum Gasteiger partial charge on any atom is 0.261 e. The maximum absolute atomic E-state index is 12.2. The monoisotopic (exact) mass is 301 g/mol. The highest BCUT2D eigenvalue weighted by Crippen LogP contribution is 2.27. The van der Waals surface area contributed by atoms with Gasteiger partial charge in [-0.25, -0.2) is 0 Å². The van der Waals surface area contributed by atoms with Gasteiger partial charge in [-0.2, -0.15) is 0 Å². The Morgan fingerprint density at radius 3 is 3.00 bits per heavy atom. The van der Waals surface area contributed by atoms with Gasteiger partial charge in [0.1, 0.15) is 0 Å². The van der Waals surface area contributed by atoms with Gasteiger partial charge in [-0.15, -0.1) is 11.3 Å². The number of carbonyl (C=O) groups excluding carboxylic acids is 2. The molecule has 0 bridgehead atoms. The van der Waals surface area contributed by atoms with Gasteiger partial charge in [-0.1, -0.05) is 0 Å². The summed E-state index contributed by atoms with van der Waals surface area (Å²) in [5.74, 6) is -0.0659. The second kappa shape index (κ2) is 6.05. The number of aromatic nitrogens is 1. The Morgan fingerprint density at radius 2 is 2.24 bits per heavy atom. The highest BCUT2D eigenvalue weighted by Gasteiger charge is 2.20. The van der Waals surface area contributed by atoms with Crippen LogP contribution in [0.25, 0.3) is 0 Å². The summed E-state index contributed by atoms with van der Waals surface area (Å²) in [6, 6.07) is 5.65. The second-order valence-electron chi connectivity index (χ2n) is 4.92. The molecule has 108 valence electrons. The van der Waals surface area contributed by atoms with E-state index < -0.39 is 0 Å². The summed E-state index contributed by atoms with van der Waals surface area (Å²) in [4.78, 5) is 30.6. The number of nitrogens with zero attached hydrogens (tertiary/aromatic N) is 2. The SMILES string of the molecule is O=CN1CCc2sc(C(=O)NCc3ccncc3)cc2C1. The van der Waals surface area contributed by atoms with E-state index in [0.717, 1.165) is 30.5 Å². The maximum atomic E-state index is 12.2. The average molecular weight is 301 g/mol. The molecule has 1 aliphatic heterocycles. The molecule has 0 saturated heterocycles. The fourth-order valence-corrected chi connectivity index (χ4v) is 3.41. The molecule has 0 atom stereocenters. The smallest absolute Gasteiger partial charge is 0.261 e. The van der Waals surface area contributed by atoms with Crippen LogP contribution in [0.3, 0.4) is 0 Å². The summed E-state index contributed by atoms with van der Waals surface area (Å²) in [6.45, 7) is 1.83. The molecule has 3 heterocycles. The van der Waals surface area contributed by atoms with Crippen LogP contribution in [0.15, 0.2) is 30.6 Å². The minimum atomic E-state index is -0.0659. The summed E-state index contributed by atoms with van der Waals surface area (Å²) in [6.07, 6.45) is 5.11. The lowest BCUT2D eigenvalue weighted by molar-refractivity contribution is -0.118. The van der Waals surface area contributed by atoms with Crippen molar-refractivity contribution in [1.29, 1.82) is 0 Å². The Bertz CT molecular complexity index is 654. The first-order valence-electron chi connectivity index (χ1n) is 6.74. The molecule has 2 aromatic heterocycles. The molecule has 1 aliphatic rings. The van der Waals surface area contributed by atoms with E-state index in [1.54, 1.807) is 17.3 Å². The van der Waals surface area contributed by atoms with Crippen LogP contribution >= 0.6 is 11.3 Å². The number of hydrogen-bond acceptors (Lipinski definition) is 4. The average Bonchev–Trinajstić information content (AvgIpc) is 2.96. The highest BCUT2D eigenvalue weighted by molar-refractivity contribution is 7.14. The van der Waals surface area contributed by atoms with E-state index in [-0.39, 0.29) is 5.91 Å². The van der Waals surface area contributed by atoms with Crippen molar-refractivity contribution in [1.82, 2.24) is 15.2 Å². The quantitative estimate of drug-likeness (QED) is 0.872. The highest BCUT2D eigenvalue weighted by atomic mass is 32.1. The topological polar surface area (TPSA) is 62.3 Å². The second-order valence-corrected chi connectivity index (χ2v) is 6.06. The molecule has 0 aromatic carbocycles. The molecule has 5 nitrogen and oxygen atoms in total. The summed E-state index contributed by atoms with van der Waals surface area (Å²) in [5.41, 5.74) is 2.11. The zero-order valence-corrected chi connectivity index (χ0v) is 12.2. The summed E-state index contributed by atoms with van der Waals surface area (Å²) >= 11 is 1.52. The van der Waals surface area contributed by atoms with Gasteiger partial charge in [0.2, 0.25) is 6.41 Å². The van der Waals surface area contributed by atoms with E-state index in [0.29, 0.717) is 18.0 Å². The van der Waals surface area contributed by atoms with Gasteiger partial charge in [-0.05, 0) is 35.7 Å². The van der Waals surface area contributed by atoms with Crippen LogP contribution in [0.1, 0.15) is 25.7 Å². The summed E-state index contributed by atoms with van der Waals surface area (Å²) in [7, 11) is 0. The normalized spacial score (nSPS) is 13.6. The largest absolute Gasteiger partial charge is 0.347 e. The molecular formula is C15H15N3O2S. The number of amides is 2. The van der Waals surface area contributed by atoms with Gasteiger partial charge in [0, 0.05) is 36.9 Å². The van der Waals surface area contributed by atoms with Crippen molar-refractivity contribution in [3.63, 3.8) is 0 Å². The summed E-state index contributed by atoms with van der Waals surface area (Å²) in [5, 5.41) is 2.91. The van der Waals surface area contributed by atoms with Crippen molar-refractivity contribution in [2.75, 3.05) is 6.54 Å². The van der Waals surface area contributed by atoms with Crippen LogP contribution in [-0.4, -0.2) is 28.7 Å². The number of nitrogens with one attached hydrogen (secondary N) is 1. The zero-order valence-electron chi connectivity index (χ0n) is 11.4. The summed E-state index contributed by atoms with van der Waals surface area (Å²) < 4.78 is 0. The number of carbonyl (C=O) groups is 2. The van der Waals surface area contributed by atoms with Crippen LogP contribution in [-0.2, 0) is 24.3 Å². The zero-order chi connectivity index (χ0) is 14.7. The lowest BCUT2D eigenvalue weighted by Crippen LogP contribution is -2.27. The van der Waals surface area contributed by atoms with Crippen LogP contribution in [0.5, 0.6) is 0 Å². The molecule has 0 fully saturated rings. The minimum Gasteiger partial charge on any atom is -0.347 e. The Kier molecular flexibility index (Phi) is 3.96. The predicted octanol–water partition coefficient (Wildman–Crippen LogP) is 1.59. The molecular weight excluding hydrogens is 286 g/mol. The molecule has 6 heteroatoms. The number of hydrogen-bond donors (Lipinski definition) is 1. The number of rotatable bonds is 4. The van der Waals surface area contributed by atoms with Crippen molar-refractivity contribution in [3.8, 4) is 0 Å². The third kappa shape index (κ3) is 3.11. The van der Waals surface area contributed by atoms with Gasteiger partial charge in [0.25, 0.3) is 5.91 Å². The molecule has 1 N–H and O–H groups in total. The Morgan fingerprint density at radius 1 is 1.43 bits per heavy atom. The van der Waals surface area contributed by atoms with E-state index >= 15 is 0 Å². The molecule has 21 heavy (non-hydrogen) atoms.